The molecule has 0 unspecified atom stereocenters. The number of ether oxygens (including phenoxy) is 1. The predicted octanol–water partition coefficient (Wildman–Crippen LogP) is 2.04. The molecular weight excluding hydrogens is 410 g/mol. The van der Waals surface area contributed by atoms with Crippen LogP contribution >= 0.6 is 0 Å². The first-order valence-corrected chi connectivity index (χ1v) is 10.7. The molecule has 0 saturated heterocycles. The van der Waals surface area contributed by atoms with E-state index in [4.69, 9.17) is 9.15 Å². The topological polar surface area (TPSA) is 94.5 Å². The van der Waals surface area contributed by atoms with Crippen molar-refractivity contribution < 1.29 is 13.9 Å². The highest BCUT2D eigenvalue weighted by Gasteiger charge is 2.26. The fourth-order valence-electron chi connectivity index (χ4n) is 4.28. The van der Waals surface area contributed by atoms with Crippen LogP contribution in [-0.2, 0) is 26.6 Å². The molecule has 1 aliphatic rings. The Morgan fingerprint density at radius 1 is 1.34 bits per heavy atom. The van der Waals surface area contributed by atoms with E-state index in [0.717, 1.165) is 24.3 Å². The monoisotopic (exact) mass is 439 g/mol. The SMILES string of the molecule is COc1cc(=O)n2c(c1C(=O)N[C@H](C)c1ccco1)CCN(Cc1cn(C)nc1C)CC2. The molecule has 3 aromatic rings. The Morgan fingerprint density at radius 2 is 2.16 bits per heavy atom. The van der Waals surface area contributed by atoms with E-state index in [9.17, 15) is 9.59 Å². The summed E-state index contributed by atoms with van der Waals surface area (Å²) < 4.78 is 14.4. The van der Waals surface area contributed by atoms with Crippen LogP contribution in [0.1, 0.15) is 46.0 Å². The summed E-state index contributed by atoms with van der Waals surface area (Å²) >= 11 is 0. The smallest absolute Gasteiger partial charge is 0.257 e. The van der Waals surface area contributed by atoms with Crippen molar-refractivity contribution in [1.29, 1.82) is 0 Å². The molecule has 0 bridgehead atoms. The number of furan rings is 1. The third kappa shape index (κ3) is 4.34. The Morgan fingerprint density at radius 3 is 2.81 bits per heavy atom. The standard InChI is InChI=1S/C23H29N5O4/c1-15-17(13-26(3)25-15)14-27-8-7-18-22(20(31-4)12-21(29)28(18)10-9-27)23(30)24-16(2)19-6-5-11-32-19/h5-6,11-13,16H,7-10,14H2,1-4H3,(H,24,30)/t16-/m1/s1. The maximum atomic E-state index is 13.3. The van der Waals surface area contributed by atoms with Gasteiger partial charge < -0.3 is 19.0 Å². The summed E-state index contributed by atoms with van der Waals surface area (Å²) in [6.07, 6.45) is 4.16. The zero-order valence-electron chi connectivity index (χ0n) is 18.9. The zero-order valence-corrected chi connectivity index (χ0v) is 18.9. The molecule has 0 radical (unpaired) electrons. The molecule has 32 heavy (non-hydrogen) atoms. The highest BCUT2D eigenvalue weighted by atomic mass is 16.5. The summed E-state index contributed by atoms with van der Waals surface area (Å²) in [5, 5.41) is 7.39. The number of fused-ring (bicyclic) bond motifs is 1. The molecule has 0 fully saturated rings. The predicted molar refractivity (Wildman–Crippen MR) is 119 cm³/mol. The van der Waals surface area contributed by atoms with Crippen molar-refractivity contribution in [3.8, 4) is 5.75 Å². The minimum absolute atomic E-state index is 0.160. The molecule has 4 heterocycles. The molecule has 0 spiro atoms. The summed E-state index contributed by atoms with van der Waals surface area (Å²) in [7, 11) is 3.39. The molecule has 4 rings (SSSR count). The number of aromatic nitrogens is 3. The van der Waals surface area contributed by atoms with Crippen LogP contribution in [0, 0.1) is 6.92 Å². The summed E-state index contributed by atoms with van der Waals surface area (Å²) in [4.78, 5) is 28.4. The van der Waals surface area contributed by atoms with Gasteiger partial charge in [-0.2, -0.15) is 5.10 Å². The van der Waals surface area contributed by atoms with Gasteiger partial charge in [-0.05, 0) is 26.0 Å². The molecule has 1 amide bonds. The van der Waals surface area contributed by atoms with Gasteiger partial charge in [0.2, 0.25) is 0 Å². The summed E-state index contributed by atoms with van der Waals surface area (Å²) in [5.41, 5.74) is 3.11. The van der Waals surface area contributed by atoms with Crippen molar-refractivity contribution in [3.05, 3.63) is 69.3 Å². The molecule has 170 valence electrons. The molecular formula is C23H29N5O4. The first-order chi connectivity index (χ1) is 15.4. The first kappa shape index (κ1) is 21.9. The number of hydrogen-bond acceptors (Lipinski definition) is 6. The molecule has 0 aromatic carbocycles. The first-order valence-electron chi connectivity index (χ1n) is 10.7. The van der Waals surface area contributed by atoms with Crippen molar-refractivity contribution in [2.45, 2.75) is 39.4 Å². The molecule has 0 saturated carbocycles. The third-order valence-corrected chi connectivity index (χ3v) is 5.96. The van der Waals surface area contributed by atoms with Gasteiger partial charge in [0.1, 0.15) is 17.1 Å². The number of carbonyl (C=O) groups excluding carboxylic acids is 1. The van der Waals surface area contributed by atoms with E-state index in [1.165, 1.54) is 13.2 Å². The van der Waals surface area contributed by atoms with Gasteiger partial charge in [0, 0.05) is 63.2 Å². The van der Waals surface area contributed by atoms with Crippen molar-refractivity contribution in [2.24, 2.45) is 7.05 Å². The maximum absolute atomic E-state index is 13.3. The van der Waals surface area contributed by atoms with E-state index in [1.54, 1.807) is 16.9 Å². The Hall–Kier alpha value is -3.33. The van der Waals surface area contributed by atoms with Crippen LogP contribution in [0.25, 0.3) is 0 Å². The van der Waals surface area contributed by atoms with E-state index in [0.29, 0.717) is 42.3 Å². The van der Waals surface area contributed by atoms with Gasteiger partial charge in [-0.25, -0.2) is 0 Å². The quantitative estimate of drug-likeness (QED) is 0.632. The van der Waals surface area contributed by atoms with Gasteiger partial charge in [0.15, 0.2) is 0 Å². The second-order valence-electron chi connectivity index (χ2n) is 8.17. The lowest BCUT2D eigenvalue weighted by Gasteiger charge is -2.19. The number of nitrogens with zero attached hydrogens (tertiary/aromatic N) is 4. The van der Waals surface area contributed by atoms with Gasteiger partial charge in [0.25, 0.3) is 11.5 Å². The Balaban J connectivity index is 1.61. The van der Waals surface area contributed by atoms with Crippen molar-refractivity contribution in [2.75, 3.05) is 20.2 Å². The summed E-state index contributed by atoms with van der Waals surface area (Å²) in [6, 6.07) is 4.68. The number of amides is 1. The lowest BCUT2D eigenvalue weighted by molar-refractivity contribution is 0.0930. The van der Waals surface area contributed by atoms with Gasteiger partial charge >= 0.3 is 0 Å². The second-order valence-corrected chi connectivity index (χ2v) is 8.17. The molecule has 1 atom stereocenters. The summed E-state index contributed by atoms with van der Waals surface area (Å²) in [6.45, 7) is 6.53. The van der Waals surface area contributed by atoms with E-state index in [-0.39, 0.29) is 17.5 Å². The van der Waals surface area contributed by atoms with E-state index in [1.807, 2.05) is 37.8 Å². The molecule has 1 N–H and O–H groups in total. The Kier molecular flexibility index (Phi) is 6.18. The zero-order chi connectivity index (χ0) is 22.8. The van der Waals surface area contributed by atoms with Crippen LogP contribution in [0.2, 0.25) is 0 Å². The number of methoxy groups -OCH3 is 1. The maximum Gasteiger partial charge on any atom is 0.257 e. The van der Waals surface area contributed by atoms with Crippen LogP contribution in [0.4, 0.5) is 0 Å². The van der Waals surface area contributed by atoms with Gasteiger partial charge in [-0.3, -0.25) is 19.2 Å². The molecule has 3 aromatic heterocycles. The normalized spacial score (nSPS) is 15.1. The lowest BCUT2D eigenvalue weighted by Crippen LogP contribution is -2.32. The fraction of sp³-hybridized carbons (Fsp3) is 0.435. The van der Waals surface area contributed by atoms with Crippen LogP contribution in [-0.4, -0.2) is 45.4 Å². The van der Waals surface area contributed by atoms with E-state index >= 15 is 0 Å². The van der Waals surface area contributed by atoms with Crippen molar-refractivity contribution in [3.63, 3.8) is 0 Å². The van der Waals surface area contributed by atoms with E-state index in [2.05, 4.69) is 15.3 Å². The van der Waals surface area contributed by atoms with Crippen LogP contribution in [0.3, 0.4) is 0 Å². The van der Waals surface area contributed by atoms with Gasteiger partial charge in [-0.1, -0.05) is 0 Å². The van der Waals surface area contributed by atoms with Crippen LogP contribution in [0.5, 0.6) is 5.75 Å². The summed E-state index contributed by atoms with van der Waals surface area (Å²) in [5.74, 6) is 0.669. The van der Waals surface area contributed by atoms with Crippen LogP contribution < -0.4 is 15.6 Å². The number of rotatable bonds is 6. The highest BCUT2D eigenvalue weighted by molar-refractivity contribution is 5.98. The van der Waals surface area contributed by atoms with Gasteiger partial charge in [0.05, 0.1) is 25.1 Å². The molecule has 1 aliphatic heterocycles. The van der Waals surface area contributed by atoms with Crippen molar-refractivity contribution in [1.82, 2.24) is 24.6 Å². The average molecular weight is 440 g/mol. The third-order valence-electron chi connectivity index (χ3n) is 5.96. The lowest BCUT2D eigenvalue weighted by atomic mass is 10.1. The van der Waals surface area contributed by atoms with E-state index < -0.39 is 0 Å². The van der Waals surface area contributed by atoms with Crippen molar-refractivity contribution >= 4 is 5.91 Å². The fourth-order valence-corrected chi connectivity index (χ4v) is 4.28. The number of aryl methyl sites for hydroxylation is 2. The number of hydrogen-bond donors (Lipinski definition) is 1. The van der Waals surface area contributed by atoms with Crippen LogP contribution in [0.15, 0.2) is 39.9 Å². The Labute approximate surface area is 186 Å². The number of pyridine rings is 1. The highest BCUT2D eigenvalue weighted by Crippen LogP contribution is 2.24. The minimum atomic E-state index is -0.314. The second kappa shape index (κ2) is 9.04. The van der Waals surface area contributed by atoms with Gasteiger partial charge in [-0.15, -0.1) is 0 Å². The average Bonchev–Trinajstić information content (AvgIpc) is 3.34. The largest absolute Gasteiger partial charge is 0.496 e. The number of nitrogens with one attached hydrogen (secondary N) is 1. The molecule has 9 nitrogen and oxygen atoms in total. The Bertz CT molecular complexity index is 1160. The number of carbonyl (C=O) groups is 1. The minimum Gasteiger partial charge on any atom is -0.496 e. The molecule has 0 aliphatic carbocycles. The molecule has 9 heteroatoms.